The summed E-state index contributed by atoms with van der Waals surface area (Å²) >= 11 is 0. The monoisotopic (exact) mass is 306 g/mol. The van der Waals surface area contributed by atoms with Crippen LogP contribution in [0.25, 0.3) is 10.8 Å². The van der Waals surface area contributed by atoms with Crippen molar-refractivity contribution in [2.75, 3.05) is 18.8 Å². The molecule has 1 heterocycles. The number of sulfonamides is 1. The number of nitrogens with two attached hydrogens (primary N) is 1. The first-order valence-corrected chi connectivity index (χ1v) is 8.39. The predicted molar refractivity (Wildman–Crippen MR) is 82.4 cm³/mol. The maximum atomic E-state index is 12.8. The minimum Gasteiger partial charge on any atom is -0.398 e. The summed E-state index contributed by atoms with van der Waals surface area (Å²) in [6.07, 6.45) is 0.553. The molecule has 0 bridgehead atoms. The van der Waals surface area contributed by atoms with E-state index in [4.69, 9.17) is 5.73 Å². The number of fused-ring (bicyclic) bond motifs is 1. The molecule has 0 radical (unpaired) electrons. The van der Waals surface area contributed by atoms with Crippen LogP contribution >= 0.6 is 0 Å². The van der Waals surface area contributed by atoms with Gasteiger partial charge in [-0.15, -0.1) is 0 Å². The maximum absolute atomic E-state index is 12.8. The third-order valence-corrected chi connectivity index (χ3v) is 5.92. The molecule has 1 aliphatic heterocycles. The summed E-state index contributed by atoms with van der Waals surface area (Å²) < 4.78 is 27.1. The van der Waals surface area contributed by atoms with Gasteiger partial charge < -0.3 is 10.8 Å². The SMILES string of the molecule is Nc1ccc(S(=O)(=O)N2CCC(O)CC2)c2ccccc12. The van der Waals surface area contributed by atoms with Crippen LogP contribution in [0.3, 0.4) is 0 Å². The van der Waals surface area contributed by atoms with Crippen LogP contribution in [-0.2, 0) is 10.0 Å². The third kappa shape index (κ3) is 2.50. The Kier molecular flexibility index (Phi) is 3.61. The topological polar surface area (TPSA) is 83.6 Å². The molecule has 0 aliphatic carbocycles. The number of piperidine rings is 1. The molecule has 0 aromatic heterocycles. The van der Waals surface area contributed by atoms with E-state index in [1.807, 2.05) is 12.1 Å². The number of benzene rings is 2. The molecule has 1 aliphatic rings. The summed E-state index contributed by atoms with van der Waals surface area (Å²) in [7, 11) is -3.56. The van der Waals surface area contributed by atoms with Crippen molar-refractivity contribution in [1.29, 1.82) is 0 Å². The van der Waals surface area contributed by atoms with Gasteiger partial charge in [0, 0.05) is 29.5 Å². The lowest BCUT2D eigenvalue weighted by Crippen LogP contribution is -2.40. The molecule has 21 heavy (non-hydrogen) atoms. The standard InChI is InChI=1S/C15H18N2O3S/c16-14-5-6-15(13-4-2-1-3-12(13)14)21(19,20)17-9-7-11(18)8-10-17/h1-6,11,18H,7-10,16H2. The highest BCUT2D eigenvalue weighted by Crippen LogP contribution is 2.30. The van der Waals surface area contributed by atoms with Crippen molar-refractivity contribution in [1.82, 2.24) is 4.31 Å². The first-order valence-electron chi connectivity index (χ1n) is 6.95. The maximum Gasteiger partial charge on any atom is 0.243 e. The molecule has 2 aromatic rings. The summed E-state index contributed by atoms with van der Waals surface area (Å²) in [5, 5.41) is 10.9. The van der Waals surface area contributed by atoms with E-state index in [1.54, 1.807) is 24.3 Å². The molecule has 0 amide bonds. The molecule has 0 saturated carbocycles. The van der Waals surface area contributed by atoms with Crippen molar-refractivity contribution in [2.45, 2.75) is 23.8 Å². The largest absolute Gasteiger partial charge is 0.398 e. The highest BCUT2D eigenvalue weighted by atomic mass is 32.2. The fraction of sp³-hybridized carbons (Fsp3) is 0.333. The molecule has 2 aromatic carbocycles. The fourth-order valence-corrected chi connectivity index (χ4v) is 4.41. The van der Waals surface area contributed by atoms with E-state index in [0.717, 1.165) is 5.39 Å². The first kappa shape index (κ1) is 14.3. The van der Waals surface area contributed by atoms with E-state index < -0.39 is 16.1 Å². The van der Waals surface area contributed by atoms with Gasteiger partial charge in [-0.3, -0.25) is 0 Å². The van der Waals surface area contributed by atoms with Crippen LogP contribution in [0.15, 0.2) is 41.3 Å². The van der Waals surface area contributed by atoms with Gasteiger partial charge in [0.1, 0.15) is 0 Å². The zero-order valence-corrected chi connectivity index (χ0v) is 12.4. The number of rotatable bonds is 2. The van der Waals surface area contributed by atoms with Crippen LogP contribution in [0.1, 0.15) is 12.8 Å². The lowest BCUT2D eigenvalue weighted by Gasteiger charge is -2.29. The molecule has 112 valence electrons. The van der Waals surface area contributed by atoms with Crippen LogP contribution in [0.5, 0.6) is 0 Å². The number of nitrogens with zero attached hydrogens (tertiary/aromatic N) is 1. The lowest BCUT2D eigenvalue weighted by molar-refractivity contribution is 0.113. The average Bonchev–Trinajstić information content (AvgIpc) is 2.48. The zero-order valence-electron chi connectivity index (χ0n) is 11.6. The molecule has 0 unspecified atom stereocenters. The van der Waals surface area contributed by atoms with Gasteiger partial charge in [-0.05, 0) is 25.0 Å². The Morgan fingerprint density at radius 3 is 2.33 bits per heavy atom. The smallest absolute Gasteiger partial charge is 0.243 e. The Balaban J connectivity index is 2.09. The fourth-order valence-electron chi connectivity index (χ4n) is 2.74. The Bertz CT molecular complexity index is 766. The molecule has 0 atom stereocenters. The minimum atomic E-state index is -3.56. The van der Waals surface area contributed by atoms with Gasteiger partial charge in [-0.1, -0.05) is 24.3 Å². The molecule has 1 fully saturated rings. The van der Waals surface area contributed by atoms with E-state index in [9.17, 15) is 13.5 Å². The van der Waals surface area contributed by atoms with Gasteiger partial charge in [0.25, 0.3) is 0 Å². The van der Waals surface area contributed by atoms with E-state index >= 15 is 0 Å². The second kappa shape index (κ2) is 5.29. The van der Waals surface area contributed by atoms with Gasteiger partial charge in [-0.2, -0.15) is 4.31 Å². The molecular weight excluding hydrogens is 288 g/mol. The highest BCUT2D eigenvalue weighted by molar-refractivity contribution is 7.89. The van der Waals surface area contributed by atoms with Gasteiger partial charge >= 0.3 is 0 Å². The van der Waals surface area contributed by atoms with Crippen molar-refractivity contribution in [2.24, 2.45) is 0 Å². The van der Waals surface area contributed by atoms with Crippen LogP contribution < -0.4 is 5.73 Å². The van der Waals surface area contributed by atoms with Crippen molar-refractivity contribution in [3.63, 3.8) is 0 Å². The van der Waals surface area contributed by atoms with Crippen LogP contribution in [0.4, 0.5) is 5.69 Å². The van der Waals surface area contributed by atoms with Gasteiger partial charge in [0.05, 0.1) is 11.0 Å². The van der Waals surface area contributed by atoms with Crippen LogP contribution in [0.2, 0.25) is 0 Å². The molecule has 0 spiro atoms. The van der Waals surface area contributed by atoms with Crippen molar-refractivity contribution in [3.05, 3.63) is 36.4 Å². The van der Waals surface area contributed by atoms with E-state index in [-0.39, 0.29) is 4.90 Å². The summed E-state index contributed by atoms with van der Waals surface area (Å²) in [5.41, 5.74) is 6.49. The number of nitrogen functional groups attached to an aromatic ring is 1. The number of hydrogen-bond acceptors (Lipinski definition) is 4. The van der Waals surface area contributed by atoms with Crippen LogP contribution in [0, 0.1) is 0 Å². The normalized spacial score (nSPS) is 18.1. The quantitative estimate of drug-likeness (QED) is 0.825. The highest BCUT2D eigenvalue weighted by Gasteiger charge is 2.30. The second-order valence-electron chi connectivity index (χ2n) is 5.33. The lowest BCUT2D eigenvalue weighted by atomic mass is 10.1. The number of aliphatic hydroxyl groups excluding tert-OH is 1. The molecular formula is C15H18N2O3S. The molecule has 3 N–H and O–H groups in total. The Morgan fingerprint density at radius 1 is 1.05 bits per heavy atom. The van der Waals surface area contributed by atoms with Crippen molar-refractivity contribution < 1.29 is 13.5 Å². The molecule has 6 heteroatoms. The van der Waals surface area contributed by atoms with Crippen molar-refractivity contribution in [3.8, 4) is 0 Å². The summed E-state index contributed by atoms with van der Waals surface area (Å²) in [6.45, 7) is 0.699. The van der Waals surface area contributed by atoms with E-state index in [0.29, 0.717) is 37.0 Å². The average molecular weight is 306 g/mol. The predicted octanol–water partition coefficient (Wildman–Crippen LogP) is 1.57. The van der Waals surface area contributed by atoms with Crippen LogP contribution in [-0.4, -0.2) is 37.0 Å². The summed E-state index contributed by atoms with van der Waals surface area (Å²) in [6, 6.07) is 10.4. The number of aliphatic hydroxyl groups is 1. The number of anilines is 1. The molecule has 1 saturated heterocycles. The Morgan fingerprint density at radius 2 is 1.67 bits per heavy atom. The van der Waals surface area contributed by atoms with Gasteiger partial charge in [0.15, 0.2) is 0 Å². The second-order valence-corrected chi connectivity index (χ2v) is 7.24. The van der Waals surface area contributed by atoms with Gasteiger partial charge in [0.2, 0.25) is 10.0 Å². The number of hydrogen-bond donors (Lipinski definition) is 2. The Hall–Kier alpha value is -1.63. The Labute approximate surface area is 124 Å². The summed E-state index contributed by atoms with van der Waals surface area (Å²) in [4.78, 5) is 0.281. The third-order valence-electron chi connectivity index (χ3n) is 3.96. The summed E-state index contributed by atoms with van der Waals surface area (Å²) in [5.74, 6) is 0. The first-order chi connectivity index (χ1) is 10.00. The molecule has 5 nitrogen and oxygen atoms in total. The minimum absolute atomic E-state index is 0.281. The van der Waals surface area contributed by atoms with E-state index in [2.05, 4.69) is 0 Å². The van der Waals surface area contributed by atoms with Crippen molar-refractivity contribution >= 4 is 26.5 Å². The van der Waals surface area contributed by atoms with E-state index in [1.165, 1.54) is 4.31 Å². The molecule has 3 rings (SSSR count). The van der Waals surface area contributed by atoms with Gasteiger partial charge in [-0.25, -0.2) is 8.42 Å². The zero-order chi connectivity index (χ0) is 15.0.